The van der Waals surface area contributed by atoms with Gasteiger partial charge in [0.05, 0.1) is 5.56 Å². The smallest absolute Gasteiger partial charge is 0.166 e. The van der Waals surface area contributed by atoms with Crippen LogP contribution in [0.15, 0.2) is 60.7 Å². The van der Waals surface area contributed by atoms with E-state index in [0.29, 0.717) is 11.5 Å². The predicted molar refractivity (Wildman–Crippen MR) is 116 cm³/mol. The van der Waals surface area contributed by atoms with Gasteiger partial charge in [-0.2, -0.15) is 13.2 Å². The Morgan fingerprint density at radius 3 is 2.47 bits per heavy atom. The fraction of sp³-hybridized carbons (Fsp3) is 0.333. The highest BCUT2D eigenvalue weighted by Crippen LogP contribution is 2.41. The molecule has 2 atom stereocenters. The number of unbranched alkanes of at least 4 members (excludes halogenated alkanes) is 1. The minimum Gasteiger partial charge on any atom is -0.166 e. The Bertz CT molecular complexity index is 1080. The number of aryl methyl sites for hydroxylation is 1. The lowest BCUT2D eigenvalue weighted by Gasteiger charge is -2.31. The highest BCUT2D eigenvalue weighted by Gasteiger charge is 2.30. The summed E-state index contributed by atoms with van der Waals surface area (Å²) in [5, 5.41) is 2.54. The standard InChI is InChI=1S/C27H25F3/c1-2-3-6-20-12-17-25-23-8-5-4-7-21(23)13-18-26(25)24(20)16-11-19-9-14-22(15-10-19)27(28,29)30/h4-5,7-10,13-15,18,20,24H,2-3,6,12,17H2,1H3/t20-,24+/m1/s1. The first-order valence-corrected chi connectivity index (χ1v) is 10.7. The number of hydrogen-bond acceptors (Lipinski definition) is 0. The Hall–Kier alpha value is -2.73. The topological polar surface area (TPSA) is 0 Å². The molecule has 0 fully saturated rings. The van der Waals surface area contributed by atoms with Crippen molar-refractivity contribution in [3.8, 4) is 11.8 Å². The summed E-state index contributed by atoms with van der Waals surface area (Å²) >= 11 is 0. The van der Waals surface area contributed by atoms with E-state index in [1.165, 1.54) is 40.5 Å². The van der Waals surface area contributed by atoms with Crippen molar-refractivity contribution in [3.63, 3.8) is 0 Å². The van der Waals surface area contributed by atoms with Gasteiger partial charge in [-0.25, -0.2) is 0 Å². The molecule has 0 heterocycles. The number of alkyl halides is 3. The van der Waals surface area contributed by atoms with Crippen LogP contribution >= 0.6 is 0 Å². The fourth-order valence-corrected chi connectivity index (χ4v) is 4.55. The molecule has 0 radical (unpaired) electrons. The molecule has 1 aliphatic carbocycles. The highest BCUT2D eigenvalue weighted by atomic mass is 19.4. The molecule has 3 heteroatoms. The molecule has 0 saturated heterocycles. The number of hydrogen-bond donors (Lipinski definition) is 0. The molecule has 3 aromatic rings. The maximum Gasteiger partial charge on any atom is 0.416 e. The highest BCUT2D eigenvalue weighted by molar-refractivity contribution is 5.87. The van der Waals surface area contributed by atoms with Gasteiger partial charge in [-0.05, 0) is 71.3 Å². The molecule has 0 saturated carbocycles. The van der Waals surface area contributed by atoms with Crippen molar-refractivity contribution in [3.05, 3.63) is 82.9 Å². The zero-order valence-electron chi connectivity index (χ0n) is 17.1. The molecule has 0 nitrogen and oxygen atoms in total. The van der Waals surface area contributed by atoms with E-state index >= 15 is 0 Å². The molecule has 1 aliphatic rings. The summed E-state index contributed by atoms with van der Waals surface area (Å²) in [4.78, 5) is 0. The summed E-state index contributed by atoms with van der Waals surface area (Å²) in [6.07, 6.45) is 1.30. The van der Waals surface area contributed by atoms with Crippen LogP contribution in [0.4, 0.5) is 13.2 Å². The Kier molecular flexibility index (Phi) is 5.86. The van der Waals surface area contributed by atoms with E-state index in [2.05, 4.69) is 55.2 Å². The minimum atomic E-state index is -4.32. The normalized spacial score (nSPS) is 18.5. The van der Waals surface area contributed by atoms with Gasteiger partial charge in [-0.3, -0.25) is 0 Å². The Balaban J connectivity index is 1.71. The average molecular weight is 406 g/mol. The monoisotopic (exact) mass is 406 g/mol. The van der Waals surface area contributed by atoms with Gasteiger partial charge in [0.15, 0.2) is 0 Å². The van der Waals surface area contributed by atoms with Crippen LogP contribution < -0.4 is 0 Å². The second-order valence-electron chi connectivity index (χ2n) is 8.12. The number of halogens is 3. The first kappa shape index (κ1) is 20.5. The Labute approximate surface area is 176 Å². The van der Waals surface area contributed by atoms with Gasteiger partial charge in [-0.1, -0.05) is 68.0 Å². The van der Waals surface area contributed by atoms with Gasteiger partial charge >= 0.3 is 6.18 Å². The second kappa shape index (κ2) is 8.56. The lowest BCUT2D eigenvalue weighted by molar-refractivity contribution is -0.137. The van der Waals surface area contributed by atoms with E-state index in [1.807, 2.05) is 0 Å². The Morgan fingerprint density at radius 1 is 0.967 bits per heavy atom. The third-order valence-electron chi connectivity index (χ3n) is 6.16. The van der Waals surface area contributed by atoms with Crippen LogP contribution in [-0.2, 0) is 12.6 Å². The van der Waals surface area contributed by atoms with Gasteiger partial charge in [0.2, 0.25) is 0 Å². The molecule has 30 heavy (non-hydrogen) atoms. The molecular formula is C27H25F3. The first-order chi connectivity index (χ1) is 14.5. The Morgan fingerprint density at radius 2 is 1.73 bits per heavy atom. The number of benzene rings is 3. The summed E-state index contributed by atoms with van der Waals surface area (Å²) in [6, 6.07) is 18.0. The molecule has 0 N–H and O–H groups in total. The van der Waals surface area contributed by atoms with Crippen LogP contribution in [0, 0.1) is 17.8 Å². The zero-order valence-corrected chi connectivity index (χ0v) is 17.1. The van der Waals surface area contributed by atoms with E-state index in [1.54, 1.807) is 0 Å². The van der Waals surface area contributed by atoms with E-state index in [4.69, 9.17) is 0 Å². The maximum atomic E-state index is 12.8. The maximum absolute atomic E-state index is 12.8. The largest absolute Gasteiger partial charge is 0.416 e. The van der Waals surface area contributed by atoms with Gasteiger partial charge in [0, 0.05) is 11.5 Å². The van der Waals surface area contributed by atoms with Gasteiger partial charge in [0.1, 0.15) is 0 Å². The van der Waals surface area contributed by atoms with Crippen molar-refractivity contribution in [2.24, 2.45) is 5.92 Å². The van der Waals surface area contributed by atoms with Crippen molar-refractivity contribution < 1.29 is 13.2 Å². The second-order valence-corrected chi connectivity index (χ2v) is 8.12. The van der Waals surface area contributed by atoms with E-state index in [-0.39, 0.29) is 5.92 Å². The number of rotatable bonds is 3. The first-order valence-electron chi connectivity index (χ1n) is 10.7. The van der Waals surface area contributed by atoms with E-state index in [0.717, 1.165) is 37.8 Å². The SMILES string of the molecule is CCCC[C@@H]1CCc2c(ccc3ccccc23)[C@H]1C#Cc1ccc(C(F)(F)F)cc1. The van der Waals surface area contributed by atoms with Crippen LogP contribution in [0.3, 0.4) is 0 Å². The summed E-state index contributed by atoms with van der Waals surface area (Å²) in [7, 11) is 0. The van der Waals surface area contributed by atoms with Crippen LogP contribution in [0.2, 0.25) is 0 Å². The van der Waals surface area contributed by atoms with Gasteiger partial charge in [-0.15, -0.1) is 0 Å². The van der Waals surface area contributed by atoms with Crippen molar-refractivity contribution in [1.29, 1.82) is 0 Å². The molecule has 0 unspecified atom stereocenters. The van der Waals surface area contributed by atoms with Gasteiger partial charge in [0.25, 0.3) is 0 Å². The molecule has 0 spiro atoms. The molecule has 0 aliphatic heterocycles. The molecule has 0 bridgehead atoms. The summed E-state index contributed by atoms with van der Waals surface area (Å²) in [6.45, 7) is 2.20. The third-order valence-corrected chi connectivity index (χ3v) is 6.16. The van der Waals surface area contributed by atoms with Crippen LogP contribution in [-0.4, -0.2) is 0 Å². The molecule has 4 rings (SSSR count). The van der Waals surface area contributed by atoms with Crippen molar-refractivity contribution in [1.82, 2.24) is 0 Å². The molecule has 3 aromatic carbocycles. The zero-order chi connectivity index (χ0) is 21.1. The molecule has 154 valence electrons. The summed E-state index contributed by atoms with van der Waals surface area (Å²) < 4.78 is 38.5. The summed E-state index contributed by atoms with van der Waals surface area (Å²) in [5.74, 6) is 7.22. The quantitative estimate of drug-likeness (QED) is 0.390. The molecular weight excluding hydrogens is 381 g/mol. The lowest BCUT2D eigenvalue weighted by Crippen LogP contribution is -2.20. The van der Waals surface area contributed by atoms with Crippen molar-refractivity contribution >= 4 is 10.8 Å². The molecule has 0 aromatic heterocycles. The van der Waals surface area contributed by atoms with E-state index < -0.39 is 11.7 Å². The lowest BCUT2D eigenvalue weighted by atomic mass is 9.72. The number of fused-ring (bicyclic) bond motifs is 3. The van der Waals surface area contributed by atoms with Crippen molar-refractivity contribution in [2.75, 3.05) is 0 Å². The van der Waals surface area contributed by atoms with Gasteiger partial charge < -0.3 is 0 Å². The average Bonchev–Trinajstić information content (AvgIpc) is 2.75. The summed E-state index contributed by atoms with van der Waals surface area (Å²) in [5.41, 5.74) is 2.67. The van der Waals surface area contributed by atoms with Crippen LogP contribution in [0.1, 0.15) is 60.8 Å². The van der Waals surface area contributed by atoms with Crippen molar-refractivity contribution in [2.45, 2.75) is 51.1 Å². The van der Waals surface area contributed by atoms with E-state index in [9.17, 15) is 13.2 Å². The third kappa shape index (κ3) is 4.24. The van der Waals surface area contributed by atoms with Crippen LogP contribution in [0.25, 0.3) is 10.8 Å². The molecule has 0 amide bonds. The fourth-order valence-electron chi connectivity index (χ4n) is 4.55. The predicted octanol–water partition coefficient (Wildman–Crippen LogP) is 7.75. The minimum absolute atomic E-state index is 0.118. The van der Waals surface area contributed by atoms with Crippen LogP contribution in [0.5, 0.6) is 0 Å².